The topological polar surface area (TPSA) is 101 Å². The molecular weight excluding hydrogens is 536 g/mol. The molecule has 0 amide bonds. The molecule has 1 aliphatic heterocycles. The number of carbonyl (C=O) groups excluding carboxylic acids is 2. The van der Waals surface area contributed by atoms with E-state index in [0.717, 1.165) is 11.3 Å². The highest BCUT2D eigenvalue weighted by molar-refractivity contribution is 5.87. The van der Waals surface area contributed by atoms with Crippen LogP contribution in [0, 0.1) is 22.7 Å². The predicted octanol–water partition coefficient (Wildman–Crippen LogP) is 6.03. The van der Waals surface area contributed by atoms with Crippen LogP contribution in [0.5, 0.6) is 5.75 Å². The highest BCUT2D eigenvalue weighted by Crippen LogP contribution is 2.46. The maximum atomic E-state index is 13.9. The lowest BCUT2D eigenvalue weighted by molar-refractivity contribution is -0.165. The van der Waals surface area contributed by atoms with Crippen molar-refractivity contribution in [1.29, 1.82) is 0 Å². The number of hydrogen-bond acceptors (Lipinski definition) is 8. The van der Waals surface area contributed by atoms with Crippen molar-refractivity contribution in [3.05, 3.63) is 42.0 Å². The molecule has 0 aromatic heterocycles. The van der Waals surface area contributed by atoms with Gasteiger partial charge in [0.15, 0.2) is 5.79 Å². The summed E-state index contributed by atoms with van der Waals surface area (Å²) in [6.07, 6.45) is 5.68. The first-order valence-corrected chi connectivity index (χ1v) is 15.2. The fraction of sp³-hybridized carbons (Fsp3) is 0.706. The van der Waals surface area contributed by atoms with Crippen molar-refractivity contribution in [1.82, 2.24) is 0 Å². The van der Waals surface area contributed by atoms with Crippen molar-refractivity contribution in [3.63, 3.8) is 0 Å². The van der Waals surface area contributed by atoms with Crippen molar-refractivity contribution in [2.24, 2.45) is 22.7 Å². The van der Waals surface area contributed by atoms with Gasteiger partial charge in [-0.05, 0) is 89.8 Å². The third-order valence-corrected chi connectivity index (χ3v) is 8.65. The SMILES string of the molecule is COc1ccc(COCCCC(=O)[C@]2(C[C@H](C)[C@@H](C)COC(=O)C(C)(C)C)C=C[C@@](O)([C@@H]3COC(C)(C)O3)CC2)cc1. The molecule has 1 aromatic rings. The predicted molar refractivity (Wildman–Crippen MR) is 161 cm³/mol. The second kappa shape index (κ2) is 14.0. The van der Waals surface area contributed by atoms with Crippen molar-refractivity contribution >= 4 is 11.8 Å². The Morgan fingerprint density at radius 2 is 1.76 bits per heavy atom. The Kier molecular flexibility index (Phi) is 11.4. The molecular formula is C34H52O8. The fourth-order valence-electron chi connectivity index (χ4n) is 5.47. The molecule has 42 heavy (non-hydrogen) atoms. The number of methoxy groups -OCH3 is 1. The first-order valence-electron chi connectivity index (χ1n) is 15.2. The summed E-state index contributed by atoms with van der Waals surface area (Å²) in [5.74, 6) is 0.131. The second-order valence-corrected chi connectivity index (χ2v) is 13.7. The Labute approximate surface area is 252 Å². The number of ether oxygens (including phenoxy) is 5. The van der Waals surface area contributed by atoms with Crippen molar-refractivity contribution < 1.29 is 38.4 Å². The molecule has 2 aliphatic rings. The summed E-state index contributed by atoms with van der Waals surface area (Å²) in [5, 5.41) is 11.5. The minimum Gasteiger partial charge on any atom is -0.497 e. The van der Waals surface area contributed by atoms with Crippen LogP contribution in [0.2, 0.25) is 0 Å². The van der Waals surface area contributed by atoms with Crippen LogP contribution in [0.25, 0.3) is 0 Å². The van der Waals surface area contributed by atoms with E-state index in [1.165, 1.54) is 0 Å². The first-order chi connectivity index (χ1) is 19.6. The molecule has 1 aromatic carbocycles. The fourth-order valence-corrected chi connectivity index (χ4v) is 5.47. The highest BCUT2D eigenvalue weighted by Gasteiger charge is 2.50. The average Bonchev–Trinajstić information content (AvgIpc) is 3.32. The van der Waals surface area contributed by atoms with E-state index in [1.54, 1.807) is 13.2 Å². The summed E-state index contributed by atoms with van der Waals surface area (Å²) in [6, 6.07) is 7.74. The van der Waals surface area contributed by atoms with Crippen molar-refractivity contribution in [3.8, 4) is 5.75 Å². The van der Waals surface area contributed by atoms with Gasteiger partial charge in [-0.15, -0.1) is 0 Å². The Bertz CT molecular complexity index is 1070. The number of Topliss-reactive ketones (excluding diaryl/α,β-unsaturated/α-hetero) is 1. The van der Waals surface area contributed by atoms with Gasteiger partial charge in [0, 0.05) is 18.4 Å². The number of aliphatic hydroxyl groups is 1. The third-order valence-electron chi connectivity index (χ3n) is 8.65. The van der Waals surface area contributed by atoms with Crippen LogP contribution in [0.4, 0.5) is 0 Å². The van der Waals surface area contributed by atoms with Crippen molar-refractivity contribution in [2.45, 2.75) is 105 Å². The van der Waals surface area contributed by atoms with Gasteiger partial charge < -0.3 is 28.8 Å². The summed E-state index contributed by atoms with van der Waals surface area (Å²) < 4.78 is 28.3. The van der Waals surface area contributed by atoms with Crippen LogP contribution in [-0.2, 0) is 35.1 Å². The van der Waals surface area contributed by atoms with Gasteiger partial charge in [0.1, 0.15) is 23.2 Å². The zero-order valence-electron chi connectivity index (χ0n) is 26.9. The third kappa shape index (κ3) is 9.12. The van der Waals surface area contributed by atoms with E-state index in [9.17, 15) is 14.7 Å². The smallest absolute Gasteiger partial charge is 0.311 e. The van der Waals surface area contributed by atoms with Crippen LogP contribution in [-0.4, -0.2) is 61.3 Å². The number of hydrogen-bond donors (Lipinski definition) is 1. The zero-order valence-corrected chi connectivity index (χ0v) is 26.9. The molecule has 1 N–H and O–H groups in total. The van der Waals surface area contributed by atoms with Crippen LogP contribution < -0.4 is 4.74 Å². The summed E-state index contributed by atoms with van der Waals surface area (Å²) >= 11 is 0. The van der Waals surface area contributed by atoms with Gasteiger partial charge in [0.25, 0.3) is 0 Å². The molecule has 0 radical (unpaired) electrons. The van der Waals surface area contributed by atoms with E-state index < -0.39 is 28.3 Å². The van der Waals surface area contributed by atoms with Crippen LogP contribution >= 0.6 is 0 Å². The number of esters is 1. The summed E-state index contributed by atoms with van der Waals surface area (Å²) in [4.78, 5) is 26.2. The molecule has 1 saturated heterocycles. The van der Waals surface area contributed by atoms with Gasteiger partial charge in [-0.1, -0.05) is 38.1 Å². The van der Waals surface area contributed by atoms with Gasteiger partial charge in [0.2, 0.25) is 0 Å². The summed E-state index contributed by atoms with van der Waals surface area (Å²) in [6.45, 7) is 14.9. The highest BCUT2D eigenvalue weighted by atomic mass is 16.7. The van der Waals surface area contributed by atoms with E-state index in [2.05, 4.69) is 13.8 Å². The lowest BCUT2D eigenvalue weighted by atomic mass is 9.64. The standard InChI is InChI=1S/C34H52O8/c1-24(25(2)21-40-30(36)31(3,4)5)20-33(15-17-34(37,18-16-33)29-23-41-32(6,7)42-29)28(35)10-9-19-39-22-26-11-13-27(38-8)14-12-26/h11-15,17,24-25,29,37H,9-10,16,18-23H2,1-8H3/t24-,25-,29-,33+,34-/m0/s1. The molecule has 1 heterocycles. The quantitative estimate of drug-likeness (QED) is 0.160. The van der Waals surface area contributed by atoms with Crippen LogP contribution in [0.15, 0.2) is 36.4 Å². The molecule has 1 aliphatic carbocycles. The van der Waals surface area contributed by atoms with E-state index in [-0.39, 0.29) is 23.6 Å². The lowest BCUT2D eigenvalue weighted by Crippen LogP contribution is -2.48. The lowest BCUT2D eigenvalue weighted by Gasteiger charge is -2.42. The van der Waals surface area contributed by atoms with Gasteiger partial charge in [-0.25, -0.2) is 0 Å². The van der Waals surface area contributed by atoms with Gasteiger partial charge >= 0.3 is 5.97 Å². The molecule has 0 spiro atoms. The molecule has 8 heteroatoms. The molecule has 236 valence electrons. The Morgan fingerprint density at radius 3 is 2.31 bits per heavy atom. The van der Waals surface area contributed by atoms with E-state index in [0.29, 0.717) is 58.5 Å². The van der Waals surface area contributed by atoms with E-state index in [1.807, 2.05) is 65.0 Å². The van der Waals surface area contributed by atoms with Crippen LogP contribution in [0.1, 0.15) is 86.1 Å². The normalized spacial score (nSPS) is 26.9. The Balaban J connectivity index is 1.65. The molecule has 1 fully saturated rings. The van der Waals surface area contributed by atoms with E-state index >= 15 is 0 Å². The summed E-state index contributed by atoms with van der Waals surface area (Å²) in [5.41, 5.74) is -1.44. The van der Waals surface area contributed by atoms with Crippen LogP contribution in [0.3, 0.4) is 0 Å². The summed E-state index contributed by atoms with van der Waals surface area (Å²) in [7, 11) is 1.64. The molecule has 0 bridgehead atoms. The van der Waals surface area contributed by atoms with Gasteiger partial charge in [-0.2, -0.15) is 0 Å². The number of carbonyl (C=O) groups is 2. The zero-order chi connectivity index (χ0) is 31.2. The maximum Gasteiger partial charge on any atom is 0.311 e. The Morgan fingerprint density at radius 1 is 1.07 bits per heavy atom. The molecule has 5 atom stereocenters. The average molecular weight is 589 g/mol. The minimum absolute atomic E-state index is 0.0652. The van der Waals surface area contributed by atoms with Gasteiger partial charge in [0.05, 0.1) is 32.3 Å². The first kappa shape index (κ1) is 34.2. The maximum absolute atomic E-state index is 13.9. The number of allylic oxidation sites excluding steroid dienone is 1. The number of benzene rings is 1. The molecule has 0 saturated carbocycles. The Hall–Kier alpha value is -2.26. The molecule has 8 nitrogen and oxygen atoms in total. The largest absolute Gasteiger partial charge is 0.497 e. The van der Waals surface area contributed by atoms with E-state index in [4.69, 9.17) is 23.7 Å². The van der Waals surface area contributed by atoms with Crippen molar-refractivity contribution in [2.75, 3.05) is 26.9 Å². The monoisotopic (exact) mass is 588 g/mol. The minimum atomic E-state index is -1.20. The second-order valence-electron chi connectivity index (χ2n) is 13.7. The molecule has 0 unspecified atom stereocenters. The number of rotatable bonds is 14. The van der Waals surface area contributed by atoms with Gasteiger partial charge in [-0.3, -0.25) is 9.59 Å². The molecule has 3 rings (SSSR count). The number of ketones is 1.